The molecule has 0 aliphatic heterocycles. The van der Waals surface area contributed by atoms with Crippen molar-refractivity contribution in [3.05, 3.63) is 67.7 Å². The monoisotopic (exact) mass is 351 g/mol. The summed E-state index contributed by atoms with van der Waals surface area (Å²) in [5.74, 6) is 0.610. The van der Waals surface area contributed by atoms with Gasteiger partial charge in [0.15, 0.2) is 0 Å². The second kappa shape index (κ2) is 6.69. The molecule has 0 aliphatic carbocycles. The van der Waals surface area contributed by atoms with Crippen molar-refractivity contribution in [3.63, 3.8) is 0 Å². The van der Waals surface area contributed by atoms with Crippen LogP contribution in [0.2, 0.25) is 0 Å². The van der Waals surface area contributed by atoms with Crippen molar-refractivity contribution < 1.29 is 14.8 Å². The smallest absolute Gasteiger partial charge is 0.283 e. The summed E-state index contributed by atoms with van der Waals surface area (Å²) in [5, 5.41) is 20.2. The number of benzene rings is 2. The summed E-state index contributed by atoms with van der Waals surface area (Å²) in [6, 6.07) is 10.3. The van der Waals surface area contributed by atoms with E-state index in [-0.39, 0.29) is 18.9 Å². The molecule has 2 rings (SSSR count). The van der Waals surface area contributed by atoms with Gasteiger partial charge in [-0.2, -0.15) is 0 Å². The third-order valence-electron chi connectivity index (χ3n) is 3.09. The zero-order valence-corrected chi connectivity index (χ0v) is 13.0. The minimum atomic E-state index is -0.444. The van der Waals surface area contributed by atoms with Gasteiger partial charge in [-0.15, -0.1) is 0 Å². The fourth-order valence-electron chi connectivity index (χ4n) is 2.01. The number of aryl methyl sites for hydroxylation is 1. The van der Waals surface area contributed by atoms with Crippen LogP contribution in [0.5, 0.6) is 5.75 Å². The van der Waals surface area contributed by atoms with Crippen LogP contribution in [0.15, 0.2) is 40.9 Å². The summed E-state index contributed by atoms with van der Waals surface area (Å²) < 4.78 is 6.16. The number of nitro groups is 1. The number of para-hydroxylation sites is 1. The van der Waals surface area contributed by atoms with Crippen molar-refractivity contribution in [1.29, 1.82) is 0 Å². The first-order valence-corrected chi connectivity index (χ1v) is 7.07. The second-order valence-electron chi connectivity index (χ2n) is 4.52. The van der Waals surface area contributed by atoms with E-state index in [9.17, 15) is 15.2 Å². The number of hydrogen-bond donors (Lipinski definition) is 1. The SMILES string of the molecule is Cc1cccc(CO)c1OCc1cccc([N+](=O)[O-])c1Br. The lowest BCUT2D eigenvalue weighted by molar-refractivity contribution is -0.385. The number of aliphatic hydroxyl groups excluding tert-OH is 1. The first-order chi connectivity index (χ1) is 10.0. The lowest BCUT2D eigenvalue weighted by Gasteiger charge is -2.13. The van der Waals surface area contributed by atoms with E-state index in [0.29, 0.717) is 21.3 Å². The molecule has 0 amide bonds. The van der Waals surface area contributed by atoms with Gasteiger partial charge in [0.1, 0.15) is 16.8 Å². The molecule has 0 heterocycles. The van der Waals surface area contributed by atoms with Gasteiger partial charge in [-0.25, -0.2) is 0 Å². The lowest BCUT2D eigenvalue weighted by Crippen LogP contribution is -2.02. The van der Waals surface area contributed by atoms with Gasteiger partial charge in [-0.05, 0) is 28.4 Å². The molecule has 0 atom stereocenters. The first kappa shape index (κ1) is 15.5. The fourth-order valence-corrected chi connectivity index (χ4v) is 2.54. The maximum absolute atomic E-state index is 10.9. The van der Waals surface area contributed by atoms with Crippen molar-refractivity contribution in [2.45, 2.75) is 20.1 Å². The van der Waals surface area contributed by atoms with Crippen LogP contribution in [-0.2, 0) is 13.2 Å². The predicted molar refractivity (Wildman–Crippen MR) is 82.2 cm³/mol. The molecule has 1 N–H and O–H groups in total. The normalized spacial score (nSPS) is 10.4. The number of rotatable bonds is 5. The number of aliphatic hydroxyl groups is 1. The van der Waals surface area contributed by atoms with E-state index < -0.39 is 4.92 Å². The zero-order chi connectivity index (χ0) is 15.4. The largest absolute Gasteiger partial charge is 0.488 e. The molecule has 0 aromatic heterocycles. The molecule has 0 unspecified atom stereocenters. The number of nitrogens with zero attached hydrogens (tertiary/aromatic N) is 1. The molecule has 2 aromatic carbocycles. The summed E-state index contributed by atoms with van der Waals surface area (Å²) in [4.78, 5) is 10.5. The average molecular weight is 352 g/mol. The van der Waals surface area contributed by atoms with E-state index in [4.69, 9.17) is 4.74 Å². The number of ether oxygens (including phenoxy) is 1. The van der Waals surface area contributed by atoms with Gasteiger partial charge in [-0.1, -0.05) is 30.3 Å². The minimum Gasteiger partial charge on any atom is -0.488 e. The van der Waals surface area contributed by atoms with Gasteiger partial charge in [0.2, 0.25) is 0 Å². The molecule has 0 fully saturated rings. The number of nitro benzene ring substituents is 1. The highest BCUT2D eigenvalue weighted by molar-refractivity contribution is 9.10. The highest BCUT2D eigenvalue weighted by atomic mass is 79.9. The standard InChI is InChI=1S/C15H14BrNO4/c1-10-4-2-5-11(8-18)15(10)21-9-12-6-3-7-13(14(12)16)17(19)20/h2-7,18H,8-9H2,1H3. The summed E-state index contributed by atoms with van der Waals surface area (Å²) >= 11 is 3.24. The maximum atomic E-state index is 10.9. The molecular formula is C15H14BrNO4. The van der Waals surface area contributed by atoms with Crippen LogP contribution in [0, 0.1) is 17.0 Å². The molecule has 2 aromatic rings. The quantitative estimate of drug-likeness (QED) is 0.657. The van der Waals surface area contributed by atoms with Crippen molar-refractivity contribution in [1.82, 2.24) is 0 Å². The van der Waals surface area contributed by atoms with Gasteiger partial charge < -0.3 is 9.84 Å². The Bertz CT molecular complexity index is 673. The van der Waals surface area contributed by atoms with Crippen LogP contribution < -0.4 is 4.74 Å². The van der Waals surface area contributed by atoms with Gasteiger partial charge in [0.25, 0.3) is 5.69 Å². The van der Waals surface area contributed by atoms with Gasteiger partial charge in [0.05, 0.1) is 11.5 Å². The Morgan fingerprint density at radius 1 is 1.24 bits per heavy atom. The van der Waals surface area contributed by atoms with Crippen molar-refractivity contribution in [3.8, 4) is 5.75 Å². The number of halogens is 1. The highest BCUT2D eigenvalue weighted by Crippen LogP contribution is 2.30. The molecule has 0 bridgehead atoms. The average Bonchev–Trinajstić information content (AvgIpc) is 2.46. The van der Waals surface area contributed by atoms with Gasteiger partial charge in [-0.3, -0.25) is 10.1 Å². The Balaban J connectivity index is 2.25. The molecule has 6 heteroatoms. The number of hydrogen-bond acceptors (Lipinski definition) is 4. The molecule has 0 spiro atoms. The van der Waals surface area contributed by atoms with Gasteiger partial charge >= 0.3 is 0 Å². The van der Waals surface area contributed by atoms with Gasteiger partial charge in [0, 0.05) is 17.2 Å². The van der Waals surface area contributed by atoms with E-state index in [1.165, 1.54) is 6.07 Å². The van der Waals surface area contributed by atoms with Crippen LogP contribution in [0.25, 0.3) is 0 Å². The molecule has 0 aliphatic rings. The molecular weight excluding hydrogens is 338 g/mol. The van der Waals surface area contributed by atoms with Crippen LogP contribution in [0.4, 0.5) is 5.69 Å². The predicted octanol–water partition coefficient (Wildman–Crippen LogP) is 3.74. The third kappa shape index (κ3) is 3.40. The second-order valence-corrected chi connectivity index (χ2v) is 5.31. The minimum absolute atomic E-state index is 0.00302. The Morgan fingerprint density at radius 3 is 2.57 bits per heavy atom. The molecule has 0 saturated carbocycles. The Hall–Kier alpha value is -1.92. The summed E-state index contributed by atoms with van der Waals surface area (Å²) in [7, 11) is 0. The molecule has 5 nitrogen and oxygen atoms in total. The van der Waals surface area contributed by atoms with E-state index in [1.807, 2.05) is 19.1 Å². The van der Waals surface area contributed by atoms with E-state index in [2.05, 4.69) is 15.9 Å². The third-order valence-corrected chi connectivity index (χ3v) is 4.01. The van der Waals surface area contributed by atoms with Crippen molar-refractivity contribution >= 4 is 21.6 Å². The first-order valence-electron chi connectivity index (χ1n) is 6.28. The van der Waals surface area contributed by atoms with Crippen LogP contribution >= 0.6 is 15.9 Å². The Kier molecular flexibility index (Phi) is 4.93. The van der Waals surface area contributed by atoms with E-state index in [0.717, 1.165) is 5.56 Å². The lowest BCUT2D eigenvalue weighted by atomic mass is 10.1. The summed E-state index contributed by atoms with van der Waals surface area (Å²) in [6.07, 6.45) is 0. The summed E-state index contributed by atoms with van der Waals surface area (Å²) in [6.45, 7) is 1.95. The van der Waals surface area contributed by atoms with E-state index >= 15 is 0 Å². The van der Waals surface area contributed by atoms with E-state index in [1.54, 1.807) is 18.2 Å². The highest BCUT2D eigenvalue weighted by Gasteiger charge is 2.15. The maximum Gasteiger partial charge on any atom is 0.283 e. The summed E-state index contributed by atoms with van der Waals surface area (Å²) in [5.41, 5.74) is 2.28. The van der Waals surface area contributed by atoms with Crippen LogP contribution in [0.3, 0.4) is 0 Å². The fraction of sp³-hybridized carbons (Fsp3) is 0.200. The van der Waals surface area contributed by atoms with Crippen LogP contribution in [0.1, 0.15) is 16.7 Å². The molecule has 0 saturated heterocycles. The molecule has 110 valence electrons. The topological polar surface area (TPSA) is 72.6 Å². The Labute approximate surface area is 130 Å². The molecule has 0 radical (unpaired) electrons. The zero-order valence-electron chi connectivity index (χ0n) is 11.4. The van der Waals surface area contributed by atoms with Crippen molar-refractivity contribution in [2.75, 3.05) is 0 Å². The van der Waals surface area contributed by atoms with Crippen LogP contribution in [-0.4, -0.2) is 10.0 Å². The van der Waals surface area contributed by atoms with Crippen molar-refractivity contribution in [2.24, 2.45) is 0 Å². The molecule has 21 heavy (non-hydrogen) atoms. The Morgan fingerprint density at radius 2 is 1.90 bits per heavy atom.